The van der Waals surface area contributed by atoms with Gasteiger partial charge in [-0.2, -0.15) is 0 Å². The largest absolute Gasteiger partial charge is 0.479 e. The monoisotopic (exact) mass is 772 g/mol. The van der Waals surface area contributed by atoms with Crippen LogP contribution in [0, 0.1) is 11.8 Å². The number of carboxylic acids is 1. The number of nitrogens with zero attached hydrogens (tertiary/aromatic N) is 1. The van der Waals surface area contributed by atoms with Gasteiger partial charge in [0.25, 0.3) is 0 Å². The Morgan fingerprint density at radius 2 is 1.00 bits per heavy atom. The number of ether oxygens (including phenoxy) is 1. The number of hydrogen-bond donors (Lipinski definition) is 2. The van der Waals surface area contributed by atoms with Crippen LogP contribution in [-0.2, 0) is 40.2 Å². The Balaban J connectivity index is 1.25. The van der Waals surface area contributed by atoms with Crippen LogP contribution >= 0.6 is 0 Å². The SMILES string of the molecule is CC(C)CN(CC(CCc1ccccc1)C(=O)OCc1ccccc1)C(=O)N[C@@](Cc1ccccc1)(Cc1ccc(-c2ccc(-c3ccccc3)cc2)cc1)C(=O)O. The summed E-state index contributed by atoms with van der Waals surface area (Å²) in [6.07, 6.45) is 1.17. The van der Waals surface area contributed by atoms with Crippen molar-refractivity contribution in [2.24, 2.45) is 11.8 Å². The summed E-state index contributed by atoms with van der Waals surface area (Å²) in [5, 5.41) is 14.1. The van der Waals surface area contributed by atoms with Crippen LogP contribution in [0.5, 0.6) is 0 Å². The summed E-state index contributed by atoms with van der Waals surface area (Å²) in [5.41, 5.74) is 6.11. The van der Waals surface area contributed by atoms with Crippen LogP contribution in [0.15, 0.2) is 170 Å². The van der Waals surface area contributed by atoms with E-state index >= 15 is 0 Å². The molecule has 6 aromatic rings. The molecule has 0 bridgehead atoms. The molecular formula is C51H52N2O5. The van der Waals surface area contributed by atoms with E-state index in [-0.39, 0.29) is 31.9 Å². The number of benzene rings is 6. The van der Waals surface area contributed by atoms with Crippen LogP contribution < -0.4 is 5.32 Å². The van der Waals surface area contributed by atoms with E-state index in [0.29, 0.717) is 19.4 Å². The molecule has 0 aliphatic heterocycles. The summed E-state index contributed by atoms with van der Waals surface area (Å²) in [6, 6.07) is 54.7. The van der Waals surface area contributed by atoms with Crippen molar-refractivity contribution >= 4 is 18.0 Å². The highest BCUT2D eigenvalue weighted by molar-refractivity contribution is 5.87. The molecule has 0 spiro atoms. The second-order valence-electron chi connectivity index (χ2n) is 15.4. The zero-order chi connectivity index (χ0) is 40.7. The molecule has 296 valence electrons. The molecule has 0 aromatic heterocycles. The van der Waals surface area contributed by atoms with E-state index in [9.17, 15) is 19.5 Å². The Morgan fingerprint density at radius 1 is 0.569 bits per heavy atom. The Labute approximate surface area is 342 Å². The number of carboxylic acid groups (broad SMARTS) is 1. The second-order valence-corrected chi connectivity index (χ2v) is 15.4. The maximum atomic E-state index is 14.6. The minimum atomic E-state index is -1.69. The molecule has 0 aliphatic carbocycles. The molecule has 7 heteroatoms. The maximum absolute atomic E-state index is 14.6. The fraction of sp³-hybridized carbons (Fsp3) is 0.235. The molecular weight excluding hydrogens is 721 g/mol. The van der Waals surface area contributed by atoms with Crippen molar-refractivity contribution in [1.29, 1.82) is 0 Å². The molecule has 0 heterocycles. The van der Waals surface area contributed by atoms with Crippen molar-refractivity contribution in [3.8, 4) is 22.3 Å². The fourth-order valence-electron chi connectivity index (χ4n) is 7.30. The van der Waals surface area contributed by atoms with Gasteiger partial charge in [0.2, 0.25) is 0 Å². The number of carbonyl (C=O) groups excluding carboxylic acids is 2. The Morgan fingerprint density at radius 3 is 1.50 bits per heavy atom. The number of aliphatic carboxylic acids is 1. The molecule has 1 unspecified atom stereocenters. The number of hydrogen-bond acceptors (Lipinski definition) is 4. The first-order valence-electron chi connectivity index (χ1n) is 20.0. The van der Waals surface area contributed by atoms with Gasteiger partial charge in [-0.1, -0.05) is 184 Å². The predicted octanol–water partition coefficient (Wildman–Crippen LogP) is 10.3. The van der Waals surface area contributed by atoms with Crippen LogP contribution in [0.3, 0.4) is 0 Å². The lowest BCUT2D eigenvalue weighted by atomic mass is 9.84. The average molecular weight is 773 g/mol. The number of aryl methyl sites for hydroxylation is 1. The Bertz CT molecular complexity index is 2190. The van der Waals surface area contributed by atoms with Gasteiger partial charge in [0.05, 0.1) is 5.92 Å². The van der Waals surface area contributed by atoms with E-state index in [1.165, 1.54) is 0 Å². The first-order chi connectivity index (χ1) is 28.2. The highest BCUT2D eigenvalue weighted by atomic mass is 16.5. The lowest BCUT2D eigenvalue weighted by molar-refractivity contribution is -0.151. The smallest absolute Gasteiger partial charge is 0.330 e. The van der Waals surface area contributed by atoms with Crippen LogP contribution in [0.2, 0.25) is 0 Å². The zero-order valence-electron chi connectivity index (χ0n) is 33.3. The topological polar surface area (TPSA) is 95.9 Å². The van der Waals surface area contributed by atoms with E-state index in [2.05, 4.69) is 41.7 Å². The first kappa shape index (κ1) is 41.2. The predicted molar refractivity (Wildman–Crippen MR) is 231 cm³/mol. The minimum Gasteiger partial charge on any atom is -0.479 e. The highest BCUT2D eigenvalue weighted by Crippen LogP contribution is 2.28. The van der Waals surface area contributed by atoms with Gasteiger partial charge in [-0.15, -0.1) is 0 Å². The van der Waals surface area contributed by atoms with Gasteiger partial charge in [0.1, 0.15) is 12.1 Å². The van der Waals surface area contributed by atoms with E-state index < -0.39 is 29.4 Å². The van der Waals surface area contributed by atoms with E-state index in [1.54, 1.807) is 4.90 Å². The van der Waals surface area contributed by atoms with Crippen LogP contribution in [0.1, 0.15) is 42.5 Å². The quantitative estimate of drug-likeness (QED) is 0.0849. The molecule has 58 heavy (non-hydrogen) atoms. The molecule has 6 rings (SSSR count). The van der Waals surface area contributed by atoms with Crippen LogP contribution in [-0.4, -0.2) is 46.6 Å². The van der Waals surface area contributed by atoms with Gasteiger partial charge in [-0.25, -0.2) is 9.59 Å². The molecule has 0 saturated carbocycles. The van der Waals surface area contributed by atoms with Gasteiger partial charge in [0, 0.05) is 25.9 Å². The molecule has 2 amide bonds. The van der Waals surface area contributed by atoms with Gasteiger partial charge in [-0.05, 0) is 63.3 Å². The van der Waals surface area contributed by atoms with Crippen molar-refractivity contribution in [2.45, 2.75) is 51.7 Å². The third kappa shape index (κ3) is 11.5. The van der Waals surface area contributed by atoms with Gasteiger partial charge >= 0.3 is 18.0 Å². The third-order valence-corrected chi connectivity index (χ3v) is 10.4. The summed E-state index contributed by atoms with van der Waals surface area (Å²) in [6.45, 7) is 4.51. The average Bonchev–Trinajstić information content (AvgIpc) is 3.25. The maximum Gasteiger partial charge on any atom is 0.330 e. The number of nitrogens with one attached hydrogen (secondary N) is 1. The van der Waals surface area contributed by atoms with Gasteiger partial charge in [-0.3, -0.25) is 4.79 Å². The zero-order valence-corrected chi connectivity index (χ0v) is 33.3. The third-order valence-electron chi connectivity index (χ3n) is 10.4. The number of rotatable bonds is 18. The normalized spacial score (nSPS) is 12.6. The van der Waals surface area contributed by atoms with E-state index in [0.717, 1.165) is 44.5 Å². The highest BCUT2D eigenvalue weighted by Gasteiger charge is 2.42. The molecule has 0 radical (unpaired) electrons. The first-order valence-corrected chi connectivity index (χ1v) is 20.0. The summed E-state index contributed by atoms with van der Waals surface area (Å²) >= 11 is 0. The van der Waals surface area contributed by atoms with E-state index in [1.807, 2.05) is 147 Å². The number of carbonyl (C=O) groups is 3. The lowest BCUT2D eigenvalue weighted by Crippen LogP contribution is -2.61. The molecule has 2 atom stereocenters. The number of urea groups is 1. The molecule has 6 aromatic carbocycles. The summed E-state index contributed by atoms with van der Waals surface area (Å²) < 4.78 is 5.84. The molecule has 7 nitrogen and oxygen atoms in total. The Kier molecular flexibility index (Phi) is 14.3. The van der Waals surface area contributed by atoms with Crippen molar-refractivity contribution in [1.82, 2.24) is 10.2 Å². The minimum absolute atomic E-state index is 0.0439. The number of esters is 1. The van der Waals surface area contributed by atoms with E-state index in [4.69, 9.17) is 4.74 Å². The van der Waals surface area contributed by atoms with Crippen molar-refractivity contribution in [3.63, 3.8) is 0 Å². The van der Waals surface area contributed by atoms with Crippen molar-refractivity contribution in [2.75, 3.05) is 13.1 Å². The Hall–Kier alpha value is -6.47. The summed E-state index contributed by atoms with van der Waals surface area (Å²) in [7, 11) is 0. The number of amides is 2. The molecule has 2 N–H and O–H groups in total. The molecule has 0 saturated heterocycles. The lowest BCUT2D eigenvalue weighted by Gasteiger charge is -2.35. The standard InChI is InChI=1S/C51H52N2O5/c1-38(2)35-53(36-47(28-23-39-15-7-3-8-16-39)48(54)58-37-42-19-11-5-12-20-42)50(57)52-51(49(55)56,33-40-17-9-4-10-18-40)34-41-24-26-44(27-25-41)46-31-29-45(30-32-46)43-21-13-6-14-22-43/h3-22,24-27,29-32,38,47H,23,28,33-37H2,1-2H3,(H,52,57)(H,55,56)/t47?,51-/m0/s1. The molecule has 0 fully saturated rings. The summed E-state index contributed by atoms with van der Waals surface area (Å²) in [4.78, 5) is 43.5. The fourth-order valence-corrected chi connectivity index (χ4v) is 7.30. The molecule has 0 aliphatic rings. The van der Waals surface area contributed by atoms with Gasteiger partial charge in [0.15, 0.2) is 0 Å². The van der Waals surface area contributed by atoms with Crippen molar-refractivity contribution < 1.29 is 24.2 Å². The van der Waals surface area contributed by atoms with Crippen molar-refractivity contribution in [3.05, 3.63) is 192 Å². The van der Waals surface area contributed by atoms with Crippen LogP contribution in [0.4, 0.5) is 4.79 Å². The second kappa shape index (κ2) is 20.1. The van der Waals surface area contributed by atoms with Gasteiger partial charge < -0.3 is 20.1 Å². The summed E-state index contributed by atoms with van der Waals surface area (Å²) in [5.74, 6) is -2.14. The van der Waals surface area contributed by atoms with Crippen LogP contribution in [0.25, 0.3) is 22.3 Å².